The van der Waals surface area contributed by atoms with Crippen LogP contribution >= 0.6 is 15.9 Å². The van der Waals surface area contributed by atoms with Crippen molar-refractivity contribution in [3.05, 3.63) is 34.1 Å². The maximum absolute atomic E-state index is 13.0. The van der Waals surface area contributed by atoms with Crippen molar-refractivity contribution >= 4 is 15.9 Å². The van der Waals surface area contributed by atoms with Crippen molar-refractivity contribution in [1.82, 2.24) is 5.32 Å². The first kappa shape index (κ1) is 14.6. The van der Waals surface area contributed by atoms with Crippen LogP contribution in [0.4, 0.5) is 4.39 Å². The Bertz CT molecular complexity index is 333. The van der Waals surface area contributed by atoms with E-state index >= 15 is 0 Å². The van der Waals surface area contributed by atoms with E-state index in [1.165, 1.54) is 12.1 Å². The Hall–Kier alpha value is -0.450. The summed E-state index contributed by atoms with van der Waals surface area (Å²) in [5.74, 6) is -0.204. The van der Waals surface area contributed by atoms with E-state index in [2.05, 4.69) is 28.2 Å². The summed E-state index contributed by atoms with van der Waals surface area (Å²) in [7, 11) is 0. The number of hydrogen-bond acceptors (Lipinski definition) is 2. The molecule has 2 nitrogen and oxygen atoms in total. The molecule has 0 amide bonds. The summed E-state index contributed by atoms with van der Waals surface area (Å²) in [6.07, 6.45) is 2.26. The summed E-state index contributed by atoms with van der Waals surface area (Å²) in [6.45, 7) is 5.10. The van der Waals surface area contributed by atoms with Crippen molar-refractivity contribution in [2.24, 2.45) is 0 Å². The smallest absolute Gasteiger partial charge is 0.123 e. The van der Waals surface area contributed by atoms with E-state index in [1.807, 2.05) is 0 Å². The third-order valence-electron chi connectivity index (χ3n) is 2.39. The van der Waals surface area contributed by atoms with Gasteiger partial charge in [0.2, 0.25) is 0 Å². The van der Waals surface area contributed by atoms with Gasteiger partial charge >= 0.3 is 0 Å². The molecule has 1 N–H and O–H groups in total. The van der Waals surface area contributed by atoms with Crippen LogP contribution in [0.2, 0.25) is 0 Å². The van der Waals surface area contributed by atoms with Crippen LogP contribution in [0.15, 0.2) is 22.7 Å². The van der Waals surface area contributed by atoms with E-state index in [4.69, 9.17) is 4.74 Å². The van der Waals surface area contributed by atoms with Gasteiger partial charge in [-0.15, -0.1) is 0 Å². The first-order valence-electron chi connectivity index (χ1n) is 5.96. The number of benzene rings is 1. The minimum absolute atomic E-state index is 0.204. The standard InChI is InChI=1S/C13H19BrFNO/c1-2-3-7-17-8-6-16-10-11-9-12(15)4-5-13(11)14/h4-5,9,16H,2-3,6-8,10H2,1H3. The highest BCUT2D eigenvalue weighted by Crippen LogP contribution is 2.17. The second kappa shape index (κ2) is 8.61. The lowest BCUT2D eigenvalue weighted by Gasteiger charge is -2.07. The van der Waals surface area contributed by atoms with Gasteiger partial charge in [0.15, 0.2) is 0 Å². The second-order valence-corrected chi connectivity index (χ2v) is 4.73. The van der Waals surface area contributed by atoms with Crippen molar-refractivity contribution in [2.45, 2.75) is 26.3 Å². The largest absolute Gasteiger partial charge is 0.380 e. The number of hydrogen-bond donors (Lipinski definition) is 1. The Morgan fingerprint density at radius 3 is 2.94 bits per heavy atom. The SMILES string of the molecule is CCCCOCCNCc1cc(F)ccc1Br. The zero-order chi connectivity index (χ0) is 12.5. The average Bonchev–Trinajstić information content (AvgIpc) is 2.32. The molecule has 0 bridgehead atoms. The van der Waals surface area contributed by atoms with Crippen LogP contribution in [-0.2, 0) is 11.3 Å². The number of ether oxygens (including phenoxy) is 1. The van der Waals surface area contributed by atoms with E-state index in [9.17, 15) is 4.39 Å². The zero-order valence-electron chi connectivity index (χ0n) is 10.1. The number of halogens is 2. The fraction of sp³-hybridized carbons (Fsp3) is 0.538. The van der Waals surface area contributed by atoms with Crippen molar-refractivity contribution in [1.29, 1.82) is 0 Å². The fourth-order valence-electron chi connectivity index (χ4n) is 1.39. The predicted octanol–water partition coefficient (Wildman–Crippen LogP) is 3.49. The van der Waals surface area contributed by atoms with Crippen molar-refractivity contribution in [2.75, 3.05) is 19.8 Å². The van der Waals surface area contributed by atoms with Gasteiger partial charge < -0.3 is 10.1 Å². The number of rotatable bonds is 8. The lowest BCUT2D eigenvalue weighted by molar-refractivity contribution is 0.133. The molecule has 0 aliphatic carbocycles. The van der Waals surface area contributed by atoms with Gasteiger partial charge in [-0.05, 0) is 30.2 Å². The molecular weight excluding hydrogens is 285 g/mol. The Labute approximate surface area is 111 Å². The lowest BCUT2D eigenvalue weighted by Crippen LogP contribution is -2.19. The summed E-state index contributed by atoms with van der Waals surface area (Å²) in [5.41, 5.74) is 0.929. The minimum atomic E-state index is -0.204. The van der Waals surface area contributed by atoms with Crippen molar-refractivity contribution < 1.29 is 9.13 Å². The van der Waals surface area contributed by atoms with Crippen LogP contribution in [0.3, 0.4) is 0 Å². The third-order valence-corrected chi connectivity index (χ3v) is 3.16. The van der Waals surface area contributed by atoms with E-state index < -0.39 is 0 Å². The Morgan fingerprint density at radius 1 is 1.35 bits per heavy atom. The summed E-state index contributed by atoms with van der Waals surface area (Å²) < 4.78 is 19.3. The van der Waals surface area contributed by atoms with E-state index in [0.29, 0.717) is 13.2 Å². The molecular formula is C13H19BrFNO. The van der Waals surface area contributed by atoms with E-state index in [-0.39, 0.29) is 5.82 Å². The maximum atomic E-state index is 13.0. The van der Waals surface area contributed by atoms with Crippen LogP contribution in [0.1, 0.15) is 25.3 Å². The molecule has 0 aliphatic rings. The average molecular weight is 304 g/mol. The van der Waals surface area contributed by atoms with Gasteiger partial charge in [-0.2, -0.15) is 0 Å². The number of nitrogens with one attached hydrogen (secondary N) is 1. The zero-order valence-corrected chi connectivity index (χ0v) is 11.7. The van der Waals surface area contributed by atoms with Crippen LogP contribution in [0.5, 0.6) is 0 Å². The molecule has 0 saturated carbocycles. The molecule has 1 aromatic rings. The molecule has 96 valence electrons. The Morgan fingerprint density at radius 2 is 2.18 bits per heavy atom. The highest BCUT2D eigenvalue weighted by Gasteiger charge is 2.00. The van der Waals surface area contributed by atoms with Gasteiger partial charge in [-0.1, -0.05) is 29.3 Å². The minimum Gasteiger partial charge on any atom is -0.380 e. The Kier molecular flexibility index (Phi) is 7.40. The van der Waals surface area contributed by atoms with Gasteiger partial charge in [0.25, 0.3) is 0 Å². The molecule has 4 heteroatoms. The van der Waals surface area contributed by atoms with E-state index in [0.717, 1.165) is 36.0 Å². The molecule has 0 unspecified atom stereocenters. The van der Waals surface area contributed by atoms with Crippen molar-refractivity contribution in [3.8, 4) is 0 Å². The van der Waals surface area contributed by atoms with Crippen LogP contribution < -0.4 is 5.32 Å². The predicted molar refractivity (Wildman–Crippen MR) is 71.5 cm³/mol. The summed E-state index contributed by atoms with van der Waals surface area (Å²) in [5, 5.41) is 3.22. The molecule has 0 heterocycles. The number of unbranched alkanes of at least 4 members (excludes halogenated alkanes) is 1. The van der Waals surface area contributed by atoms with Crippen LogP contribution in [-0.4, -0.2) is 19.8 Å². The highest BCUT2D eigenvalue weighted by molar-refractivity contribution is 9.10. The maximum Gasteiger partial charge on any atom is 0.123 e. The first-order chi connectivity index (χ1) is 8.24. The second-order valence-electron chi connectivity index (χ2n) is 3.88. The highest BCUT2D eigenvalue weighted by atomic mass is 79.9. The summed E-state index contributed by atoms with van der Waals surface area (Å²) >= 11 is 3.40. The van der Waals surface area contributed by atoms with Gasteiger partial charge in [-0.3, -0.25) is 0 Å². The molecule has 0 aromatic heterocycles. The quantitative estimate of drug-likeness (QED) is 0.742. The van der Waals surface area contributed by atoms with Crippen LogP contribution in [0.25, 0.3) is 0 Å². The van der Waals surface area contributed by atoms with Gasteiger partial charge in [-0.25, -0.2) is 4.39 Å². The molecule has 0 fully saturated rings. The molecule has 0 radical (unpaired) electrons. The summed E-state index contributed by atoms with van der Waals surface area (Å²) in [4.78, 5) is 0. The molecule has 0 saturated heterocycles. The third kappa shape index (κ3) is 6.15. The fourth-order valence-corrected chi connectivity index (χ4v) is 1.78. The Balaban J connectivity index is 2.15. The monoisotopic (exact) mass is 303 g/mol. The molecule has 17 heavy (non-hydrogen) atoms. The summed E-state index contributed by atoms with van der Waals surface area (Å²) in [6, 6.07) is 4.71. The topological polar surface area (TPSA) is 21.3 Å². The van der Waals surface area contributed by atoms with Crippen LogP contribution in [0, 0.1) is 5.82 Å². The first-order valence-corrected chi connectivity index (χ1v) is 6.75. The molecule has 0 spiro atoms. The van der Waals surface area contributed by atoms with Gasteiger partial charge in [0.1, 0.15) is 5.82 Å². The van der Waals surface area contributed by atoms with Gasteiger partial charge in [0.05, 0.1) is 6.61 Å². The molecule has 1 rings (SSSR count). The molecule has 0 aliphatic heterocycles. The van der Waals surface area contributed by atoms with Gasteiger partial charge in [0, 0.05) is 24.2 Å². The molecule has 1 aromatic carbocycles. The van der Waals surface area contributed by atoms with Crippen molar-refractivity contribution in [3.63, 3.8) is 0 Å². The normalized spacial score (nSPS) is 10.8. The van der Waals surface area contributed by atoms with E-state index in [1.54, 1.807) is 6.07 Å². The molecule has 0 atom stereocenters. The lowest BCUT2D eigenvalue weighted by atomic mass is 10.2.